The smallest absolute Gasteiger partial charge is 0.294 e. The number of nitrogens with one attached hydrogen (secondary N) is 1. The van der Waals surface area contributed by atoms with E-state index >= 15 is 0 Å². The molecular weight excluding hydrogens is 320 g/mol. The Bertz CT molecular complexity index is 816. The van der Waals surface area contributed by atoms with Crippen LogP contribution in [0.25, 0.3) is 0 Å². The van der Waals surface area contributed by atoms with Crippen molar-refractivity contribution in [2.45, 2.75) is 19.8 Å². The van der Waals surface area contributed by atoms with Crippen LogP contribution in [0.5, 0.6) is 0 Å². The molecule has 1 aromatic rings. The first-order valence-corrected chi connectivity index (χ1v) is 7.75. The standard InChI is InChI=1S/C17H16N6O2/c1-12-4-6-22(7-5-12)16-3-2-14(8-17(16)23(24)25)21-15(11-20)13(9-18)10-19/h2-3,8,12,21H,4-7H2,1H3. The molecule has 0 amide bonds. The molecule has 1 heterocycles. The Morgan fingerprint density at radius 1 is 1.24 bits per heavy atom. The maximum Gasteiger partial charge on any atom is 0.294 e. The van der Waals surface area contributed by atoms with Crippen LogP contribution in [0.3, 0.4) is 0 Å². The van der Waals surface area contributed by atoms with Crippen LogP contribution in [0.15, 0.2) is 29.5 Å². The number of allylic oxidation sites excluding steroid dienone is 2. The van der Waals surface area contributed by atoms with Gasteiger partial charge in [0.2, 0.25) is 0 Å². The molecule has 0 radical (unpaired) electrons. The van der Waals surface area contributed by atoms with Gasteiger partial charge in [-0.3, -0.25) is 10.1 Å². The zero-order valence-corrected chi connectivity index (χ0v) is 13.7. The van der Waals surface area contributed by atoms with Crippen molar-refractivity contribution in [3.8, 4) is 18.2 Å². The highest BCUT2D eigenvalue weighted by Crippen LogP contribution is 2.34. The predicted molar refractivity (Wildman–Crippen MR) is 91.2 cm³/mol. The minimum absolute atomic E-state index is 0.0766. The first-order valence-electron chi connectivity index (χ1n) is 7.75. The summed E-state index contributed by atoms with van der Waals surface area (Å²) in [5.74, 6) is 0.606. The van der Waals surface area contributed by atoms with Crippen LogP contribution < -0.4 is 10.2 Å². The monoisotopic (exact) mass is 336 g/mol. The average Bonchev–Trinajstić information content (AvgIpc) is 2.62. The van der Waals surface area contributed by atoms with Crippen molar-refractivity contribution in [3.05, 3.63) is 39.6 Å². The molecule has 126 valence electrons. The van der Waals surface area contributed by atoms with Gasteiger partial charge in [0.05, 0.1) is 4.92 Å². The summed E-state index contributed by atoms with van der Waals surface area (Å²) in [7, 11) is 0. The normalized spacial score (nSPS) is 13.9. The lowest BCUT2D eigenvalue weighted by Crippen LogP contribution is -2.33. The largest absolute Gasteiger partial charge is 0.366 e. The van der Waals surface area contributed by atoms with E-state index in [0.29, 0.717) is 11.6 Å². The predicted octanol–water partition coefficient (Wildman–Crippen LogP) is 3.07. The SMILES string of the molecule is CC1CCN(c2ccc(NC(C#N)=C(C#N)C#N)cc2[N+](=O)[O-])CC1. The van der Waals surface area contributed by atoms with Crippen LogP contribution in [0.2, 0.25) is 0 Å². The van der Waals surface area contributed by atoms with Gasteiger partial charge in [0.25, 0.3) is 5.69 Å². The number of nitriles is 3. The minimum atomic E-state index is -0.468. The number of hydrogen-bond acceptors (Lipinski definition) is 7. The van der Waals surface area contributed by atoms with E-state index in [1.807, 2.05) is 4.90 Å². The van der Waals surface area contributed by atoms with E-state index in [4.69, 9.17) is 15.8 Å². The second kappa shape index (κ2) is 7.81. The third-order valence-corrected chi connectivity index (χ3v) is 4.15. The van der Waals surface area contributed by atoms with Crippen molar-refractivity contribution < 1.29 is 4.92 Å². The van der Waals surface area contributed by atoms with Gasteiger partial charge in [-0.05, 0) is 30.9 Å². The molecule has 0 unspecified atom stereocenters. The van der Waals surface area contributed by atoms with Gasteiger partial charge in [-0.25, -0.2) is 0 Å². The number of piperidine rings is 1. The Hall–Kier alpha value is -3.57. The summed E-state index contributed by atoms with van der Waals surface area (Å²) in [6.45, 7) is 3.67. The van der Waals surface area contributed by atoms with Crippen molar-refractivity contribution in [2.75, 3.05) is 23.3 Å². The van der Waals surface area contributed by atoms with Gasteiger partial charge in [-0.2, -0.15) is 15.8 Å². The summed E-state index contributed by atoms with van der Waals surface area (Å²) in [4.78, 5) is 13.0. The van der Waals surface area contributed by atoms with Crippen molar-refractivity contribution in [2.24, 2.45) is 5.92 Å². The lowest BCUT2D eigenvalue weighted by molar-refractivity contribution is -0.384. The van der Waals surface area contributed by atoms with Gasteiger partial charge in [-0.15, -0.1) is 0 Å². The maximum absolute atomic E-state index is 11.5. The molecule has 1 saturated heterocycles. The number of rotatable bonds is 4. The number of nitro benzene ring substituents is 1. The topological polar surface area (TPSA) is 130 Å². The number of anilines is 2. The summed E-state index contributed by atoms with van der Waals surface area (Å²) < 4.78 is 0. The Morgan fingerprint density at radius 3 is 2.40 bits per heavy atom. The fourth-order valence-electron chi connectivity index (χ4n) is 2.69. The molecule has 0 bridgehead atoms. The first kappa shape index (κ1) is 17.8. The van der Waals surface area contributed by atoms with Crippen molar-refractivity contribution in [1.29, 1.82) is 15.8 Å². The molecule has 1 aliphatic rings. The quantitative estimate of drug-likeness (QED) is 0.508. The van der Waals surface area contributed by atoms with E-state index in [1.54, 1.807) is 30.3 Å². The van der Waals surface area contributed by atoms with Crippen molar-refractivity contribution in [1.82, 2.24) is 0 Å². The lowest BCUT2D eigenvalue weighted by Gasteiger charge is -2.31. The van der Waals surface area contributed by atoms with Crippen LogP contribution in [0, 0.1) is 50.0 Å². The highest BCUT2D eigenvalue weighted by Gasteiger charge is 2.24. The second-order valence-electron chi connectivity index (χ2n) is 5.84. The third kappa shape index (κ3) is 4.04. The van der Waals surface area contributed by atoms with E-state index < -0.39 is 4.92 Å². The second-order valence-corrected chi connectivity index (χ2v) is 5.84. The van der Waals surface area contributed by atoms with Crippen LogP contribution in [0.1, 0.15) is 19.8 Å². The summed E-state index contributed by atoms with van der Waals surface area (Å²) in [5.41, 5.74) is 0.122. The molecule has 1 fully saturated rings. The fourth-order valence-corrected chi connectivity index (χ4v) is 2.69. The van der Waals surface area contributed by atoms with Crippen LogP contribution in [0.4, 0.5) is 17.1 Å². The Morgan fingerprint density at radius 2 is 1.88 bits per heavy atom. The lowest BCUT2D eigenvalue weighted by atomic mass is 9.98. The average molecular weight is 336 g/mol. The molecule has 2 rings (SSSR count). The van der Waals surface area contributed by atoms with Gasteiger partial charge in [-0.1, -0.05) is 6.92 Å². The first-order chi connectivity index (χ1) is 12.0. The van der Waals surface area contributed by atoms with Crippen molar-refractivity contribution >= 4 is 17.1 Å². The highest BCUT2D eigenvalue weighted by molar-refractivity contribution is 5.71. The van der Waals surface area contributed by atoms with Gasteiger partial charge in [0.1, 0.15) is 29.6 Å². The van der Waals surface area contributed by atoms with E-state index in [-0.39, 0.29) is 22.6 Å². The molecular formula is C17H16N6O2. The van der Waals surface area contributed by atoms with Gasteiger partial charge >= 0.3 is 0 Å². The highest BCUT2D eigenvalue weighted by atomic mass is 16.6. The number of nitro groups is 1. The Labute approximate surface area is 145 Å². The summed E-state index contributed by atoms with van der Waals surface area (Å²) >= 11 is 0. The Balaban J connectivity index is 2.35. The molecule has 0 aromatic heterocycles. The van der Waals surface area contributed by atoms with Crippen LogP contribution in [-0.2, 0) is 0 Å². The van der Waals surface area contributed by atoms with Crippen LogP contribution >= 0.6 is 0 Å². The third-order valence-electron chi connectivity index (χ3n) is 4.15. The molecule has 25 heavy (non-hydrogen) atoms. The zero-order valence-electron chi connectivity index (χ0n) is 13.7. The summed E-state index contributed by atoms with van der Waals surface area (Å²) in [5, 5.41) is 40.8. The van der Waals surface area contributed by atoms with Gasteiger partial charge in [0.15, 0.2) is 5.57 Å². The Kier molecular flexibility index (Phi) is 5.55. The molecule has 8 nitrogen and oxygen atoms in total. The number of benzene rings is 1. The molecule has 0 spiro atoms. The summed E-state index contributed by atoms with van der Waals surface area (Å²) in [6.07, 6.45) is 1.96. The maximum atomic E-state index is 11.5. The van der Waals surface area contributed by atoms with E-state index in [9.17, 15) is 10.1 Å². The van der Waals surface area contributed by atoms with Gasteiger partial charge < -0.3 is 10.2 Å². The molecule has 8 heteroatoms. The van der Waals surface area contributed by atoms with Crippen molar-refractivity contribution in [3.63, 3.8) is 0 Å². The molecule has 0 saturated carbocycles. The van der Waals surface area contributed by atoms with Crippen LogP contribution in [-0.4, -0.2) is 18.0 Å². The molecule has 1 N–H and O–H groups in total. The van der Waals surface area contributed by atoms with E-state index in [1.165, 1.54) is 6.07 Å². The van der Waals surface area contributed by atoms with E-state index in [2.05, 4.69) is 12.2 Å². The molecule has 0 aliphatic carbocycles. The zero-order chi connectivity index (χ0) is 18.4. The molecule has 1 aromatic carbocycles. The number of nitrogens with zero attached hydrogens (tertiary/aromatic N) is 5. The van der Waals surface area contributed by atoms with E-state index in [0.717, 1.165) is 25.9 Å². The number of hydrogen-bond donors (Lipinski definition) is 1. The molecule has 0 atom stereocenters. The molecule has 1 aliphatic heterocycles. The minimum Gasteiger partial charge on any atom is -0.366 e. The summed E-state index contributed by atoms with van der Waals surface area (Å²) in [6, 6.07) is 9.51. The fraction of sp³-hybridized carbons (Fsp3) is 0.353. The van der Waals surface area contributed by atoms with Gasteiger partial charge in [0, 0.05) is 24.8 Å².